The summed E-state index contributed by atoms with van der Waals surface area (Å²) in [5.41, 5.74) is 0.839. The predicted octanol–water partition coefficient (Wildman–Crippen LogP) is 3.95. The zero-order chi connectivity index (χ0) is 18.9. The molecule has 0 heterocycles. The van der Waals surface area contributed by atoms with Gasteiger partial charge in [0.15, 0.2) is 5.78 Å². The first-order chi connectivity index (χ1) is 12.5. The van der Waals surface area contributed by atoms with Gasteiger partial charge in [0.25, 0.3) is 5.69 Å². The molecule has 0 amide bonds. The highest BCUT2D eigenvalue weighted by Crippen LogP contribution is 2.14. The van der Waals surface area contributed by atoms with Crippen LogP contribution in [0, 0.1) is 15.9 Å². The van der Waals surface area contributed by atoms with E-state index in [2.05, 4.69) is 0 Å². The summed E-state index contributed by atoms with van der Waals surface area (Å²) < 4.78 is 17.8. The van der Waals surface area contributed by atoms with Gasteiger partial charge in [-0.05, 0) is 42.3 Å². The summed E-state index contributed by atoms with van der Waals surface area (Å²) in [6.07, 6.45) is 3.10. The number of non-ortho nitro benzene ring substituents is 1. The van der Waals surface area contributed by atoms with Gasteiger partial charge in [-0.3, -0.25) is 14.9 Å². The number of nitrogens with zero attached hydrogens (tertiary/aromatic N) is 1. The summed E-state index contributed by atoms with van der Waals surface area (Å²) in [6, 6.07) is 11.1. The lowest BCUT2D eigenvalue weighted by molar-refractivity contribution is -0.384. The first kappa shape index (κ1) is 19.0. The maximum atomic E-state index is 12.8. The summed E-state index contributed by atoms with van der Waals surface area (Å²) in [5.74, 6) is -1.18. The lowest BCUT2D eigenvalue weighted by atomic mass is 10.1. The van der Waals surface area contributed by atoms with Crippen LogP contribution >= 0.6 is 0 Å². The van der Waals surface area contributed by atoms with E-state index in [0.29, 0.717) is 17.5 Å². The fraction of sp³-hybridized carbons (Fsp3) is 0.158. The molecule has 2 rings (SSSR count). The second kappa shape index (κ2) is 9.22. The zero-order valence-electron chi connectivity index (χ0n) is 13.8. The SMILES string of the molecule is O=C(C=Cc1cccc([N+](=O)[O-])c1)OCCCC(=O)c1ccc(F)cc1. The van der Waals surface area contributed by atoms with E-state index in [4.69, 9.17) is 4.74 Å². The van der Waals surface area contributed by atoms with Crippen LogP contribution in [0.15, 0.2) is 54.6 Å². The number of ether oxygens (including phenoxy) is 1. The first-order valence-electron chi connectivity index (χ1n) is 7.84. The maximum Gasteiger partial charge on any atom is 0.330 e. The van der Waals surface area contributed by atoms with Crippen LogP contribution in [0.25, 0.3) is 6.08 Å². The Labute approximate surface area is 149 Å². The van der Waals surface area contributed by atoms with E-state index < -0.39 is 16.7 Å². The van der Waals surface area contributed by atoms with Crippen molar-refractivity contribution in [2.24, 2.45) is 0 Å². The van der Waals surface area contributed by atoms with Gasteiger partial charge in [0, 0.05) is 30.2 Å². The number of Topliss-reactive ketones (excluding diaryl/α,β-unsaturated/α-hetero) is 1. The molecule has 0 aliphatic carbocycles. The highest BCUT2D eigenvalue weighted by atomic mass is 19.1. The molecule has 0 aliphatic heterocycles. The lowest BCUT2D eigenvalue weighted by Crippen LogP contribution is -2.05. The molecule has 0 radical (unpaired) electrons. The van der Waals surface area contributed by atoms with Crippen molar-refractivity contribution in [3.8, 4) is 0 Å². The van der Waals surface area contributed by atoms with E-state index >= 15 is 0 Å². The number of halogens is 1. The van der Waals surface area contributed by atoms with Crippen molar-refractivity contribution in [2.75, 3.05) is 6.61 Å². The maximum absolute atomic E-state index is 12.8. The fourth-order valence-corrected chi connectivity index (χ4v) is 2.14. The van der Waals surface area contributed by atoms with Crippen LogP contribution in [0.5, 0.6) is 0 Å². The van der Waals surface area contributed by atoms with Crippen LogP contribution in [0.3, 0.4) is 0 Å². The third-order valence-electron chi connectivity index (χ3n) is 3.45. The number of hydrogen-bond acceptors (Lipinski definition) is 5. The number of nitro groups is 1. The Morgan fingerprint density at radius 3 is 2.58 bits per heavy atom. The smallest absolute Gasteiger partial charge is 0.330 e. The summed E-state index contributed by atoms with van der Waals surface area (Å²) in [5, 5.41) is 10.7. The molecule has 134 valence electrons. The van der Waals surface area contributed by atoms with Gasteiger partial charge < -0.3 is 4.74 Å². The van der Waals surface area contributed by atoms with Gasteiger partial charge in [-0.25, -0.2) is 9.18 Å². The standard InChI is InChI=1S/C19H16FNO5/c20-16-9-7-15(8-10-16)18(22)5-2-12-26-19(23)11-6-14-3-1-4-17(13-14)21(24)25/h1,3-4,6-11,13H,2,5,12H2. The van der Waals surface area contributed by atoms with E-state index in [1.54, 1.807) is 6.07 Å². The Balaban J connectivity index is 1.75. The summed E-state index contributed by atoms with van der Waals surface area (Å²) >= 11 is 0. The Hall–Kier alpha value is -3.35. The van der Waals surface area contributed by atoms with Gasteiger partial charge >= 0.3 is 5.97 Å². The average Bonchev–Trinajstić information content (AvgIpc) is 2.64. The third kappa shape index (κ3) is 5.94. The molecule has 0 unspecified atom stereocenters. The van der Waals surface area contributed by atoms with Crippen molar-refractivity contribution < 1.29 is 23.6 Å². The largest absolute Gasteiger partial charge is 0.463 e. The number of carbonyl (C=O) groups is 2. The van der Waals surface area contributed by atoms with Gasteiger partial charge in [0.1, 0.15) is 5.82 Å². The average molecular weight is 357 g/mol. The van der Waals surface area contributed by atoms with Crippen molar-refractivity contribution >= 4 is 23.5 Å². The van der Waals surface area contributed by atoms with Crippen LogP contribution in [0.1, 0.15) is 28.8 Å². The molecular formula is C19H16FNO5. The molecular weight excluding hydrogens is 341 g/mol. The van der Waals surface area contributed by atoms with Crippen molar-refractivity contribution in [1.29, 1.82) is 0 Å². The van der Waals surface area contributed by atoms with Crippen molar-refractivity contribution in [2.45, 2.75) is 12.8 Å². The minimum atomic E-state index is -0.606. The molecule has 0 aromatic heterocycles. The van der Waals surface area contributed by atoms with E-state index in [0.717, 1.165) is 0 Å². The Morgan fingerprint density at radius 1 is 1.15 bits per heavy atom. The summed E-state index contributed by atoms with van der Waals surface area (Å²) in [4.78, 5) is 33.6. The van der Waals surface area contributed by atoms with E-state index in [1.165, 1.54) is 54.6 Å². The van der Waals surface area contributed by atoms with Crippen molar-refractivity contribution in [3.63, 3.8) is 0 Å². The molecule has 0 fully saturated rings. The third-order valence-corrected chi connectivity index (χ3v) is 3.45. The highest BCUT2D eigenvalue weighted by Gasteiger charge is 2.07. The zero-order valence-corrected chi connectivity index (χ0v) is 13.8. The predicted molar refractivity (Wildman–Crippen MR) is 93.1 cm³/mol. The van der Waals surface area contributed by atoms with Gasteiger partial charge in [-0.2, -0.15) is 0 Å². The first-order valence-corrected chi connectivity index (χ1v) is 7.84. The molecule has 2 aromatic carbocycles. The van der Waals surface area contributed by atoms with Crippen LogP contribution < -0.4 is 0 Å². The molecule has 6 nitrogen and oxygen atoms in total. The monoisotopic (exact) mass is 357 g/mol. The van der Waals surface area contributed by atoms with Gasteiger partial charge in [0.05, 0.1) is 11.5 Å². The molecule has 0 spiro atoms. The molecule has 26 heavy (non-hydrogen) atoms. The van der Waals surface area contributed by atoms with Crippen LogP contribution in [-0.4, -0.2) is 23.3 Å². The summed E-state index contributed by atoms with van der Waals surface area (Å²) in [6.45, 7) is 0.0606. The molecule has 0 saturated carbocycles. The summed E-state index contributed by atoms with van der Waals surface area (Å²) in [7, 11) is 0. The van der Waals surface area contributed by atoms with Crippen molar-refractivity contribution in [1.82, 2.24) is 0 Å². The number of carbonyl (C=O) groups excluding carboxylic acids is 2. The lowest BCUT2D eigenvalue weighted by Gasteiger charge is -2.02. The topological polar surface area (TPSA) is 86.5 Å². The quantitative estimate of drug-likeness (QED) is 0.178. The Bertz CT molecular complexity index is 830. The van der Waals surface area contributed by atoms with E-state index in [9.17, 15) is 24.1 Å². The second-order valence-electron chi connectivity index (χ2n) is 5.39. The number of hydrogen-bond donors (Lipinski definition) is 0. The van der Waals surface area contributed by atoms with E-state index in [1.807, 2.05) is 0 Å². The fourth-order valence-electron chi connectivity index (χ4n) is 2.14. The van der Waals surface area contributed by atoms with Crippen LogP contribution in [-0.2, 0) is 9.53 Å². The molecule has 0 bridgehead atoms. The molecule has 0 saturated heterocycles. The highest BCUT2D eigenvalue weighted by molar-refractivity contribution is 5.96. The minimum absolute atomic E-state index is 0.0606. The van der Waals surface area contributed by atoms with Crippen molar-refractivity contribution in [3.05, 3.63) is 81.7 Å². The number of ketones is 1. The molecule has 0 aliphatic rings. The van der Waals surface area contributed by atoms with Crippen LogP contribution in [0.4, 0.5) is 10.1 Å². The Morgan fingerprint density at radius 2 is 1.88 bits per heavy atom. The molecule has 7 heteroatoms. The number of benzene rings is 2. The van der Waals surface area contributed by atoms with Crippen LogP contribution in [0.2, 0.25) is 0 Å². The second-order valence-corrected chi connectivity index (χ2v) is 5.39. The number of esters is 1. The molecule has 2 aromatic rings. The Kier molecular flexibility index (Phi) is 6.73. The molecule has 0 atom stereocenters. The van der Waals surface area contributed by atoms with Gasteiger partial charge in [0.2, 0.25) is 0 Å². The number of rotatable bonds is 8. The van der Waals surface area contributed by atoms with Gasteiger partial charge in [-0.1, -0.05) is 12.1 Å². The number of nitro benzene ring substituents is 1. The van der Waals surface area contributed by atoms with Gasteiger partial charge in [-0.15, -0.1) is 0 Å². The van der Waals surface area contributed by atoms with E-state index in [-0.39, 0.29) is 24.5 Å². The normalized spacial score (nSPS) is 10.7. The minimum Gasteiger partial charge on any atom is -0.463 e. The molecule has 0 N–H and O–H groups in total.